The van der Waals surface area contributed by atoms with Gasteiger partial charge in [-0.05, 0) is 0 Å². The zero-order valence-corrected chi connectivity index (χ0v) is 6.28. The summed E-state index contributed by atoms with van der Waals surface area (Å²) in [6, 6.07) is 2.67. The van der Waals surface area contributed by atoms with Crippen molar-refractivity contribution in [3.63, 3.8) is 0 Å². The highest BCUT2D eigenvalue weighted by Gasteiger charge is 2.14. The molecule has 0 saturated heterocycles. The maximum Gasteiger partial charge on any atom is 0.165 e. The van der Waals surface area contributed by atoms with Crippen molar-refractivity contribution in [3.8, 4) is 23.0 Å². The summed E-state index contributed by atoms with van der Waals surface area (Å²) in [5.74, 6) is 0.548. The van der Waals surface area contributed by atoms with Gasteiger partial charge in [0, 0.05) is 12.1 Å². The summed E-state index contributed by atoms with van der Waals surface area (Å²) in [6.45, 7) is 0.939. The van der Waals surface area contributed by atoms with E-state index in [1.54, 1.807) is 0 Å². The first-order valence-electron chi connectivity index (χ1n) is 3.59. The van der Waals surface area contributed by atoms with E-state index < -0.39 is 0 Å². The van der Waals surface area contributed by atoms with Crippen molar-refractivity contribution in [2.75, 3.05) is 13.2 Å². The van der Waals surface area contributed by atoms with Gasteiger partial charge in [-0.25, -0.2) is 0 Å². The van der Waals surface area contributed by atoms with Crippen molar-refractivity contribution in [1.29, 1.82) is 0 Å². The van der Waals surface area contributed by atoms with Crippen LogP contribution in [0.1, 0.15) is 0 Å². The molecule has 0 radical (unpaired) electrons. The van der Waals surface area contributed by atoms with Crippen LogP contribution in [-0.4, -0.2) is 23.4 Å². The molecule has 1 aliphatic heterocycles. The third-order valence-corrected chi connectivity index (χ3v) is 1.64. The largest absolute Gasteiger partial charge is 0.504 e. The minimum atomic E-state index is -0.195. The number of phenols is 2. The topological polar surface area (TPSA) is 58.9 Å². The molecule has 0 atom stereocenters. The van der Waals surface area contributed by atoms with E-state index >= 15 is 0 Å². The smallest absolute Gasteiger partial charge is 0.165 e. The highest BCUT2D eigenvalue weighted by molar-refractivity contribution is 5.53. The summed E-state index contributed by atoms with van der Waals surface area (Å²) in [5.41, 5.74) is 0. The van der Waals surface area contributed by atoms with Gasteiger partial charge in [0.1, 0.15) is 13.2 Å². The molecule has 4 nitrogen and oxygen atoms in total. The number of hydrogen-bond acceptors (Lipinski definition) is 4. The molecular weight excluding hydrogens is 160 g/mol. The summed E-state index contributed by atoms with van der Waals surface area (Å²) >= 11 is 0. The van der Waals surface area contributed by atoms with Crippen LogP contribution >= 0.6 is 0 Å². The van der Waals surface area contributed by atoms with Crippen LogP contribution < -0.4 is 9.47 Å². The highest BCUT2D eigenvalue weighted by Crippen LogP contribution is 2.39. The number of phenolic OH excluding ortho intramolecular Hbond substituents is 2. The molecule has 1 aromatic carbocycles. The molecule has 0 aliphatic carbocycles. The quantitative estimate of drug-likeness (QED) is 0.564. The average molecular weight is 168 g/mol. The van der Waals surface area contributed by atoms with Gasteiger partial charge >= 0.3 is 0 Å². The third-order valence-electron chi connectivity index (χ3n) is 1.64. The Hall–Kier alpha value is -1.58. The predicted octanol–water partition coefficient (Wildman–Crippen LogP) is 0.869. The Balaban J connectivity index is 2.49. The zero-order valence-electron chi connectivity index (χ0n) is 6.28. The van der Waals surface area contributed by atoms with Gasteiger partial charge in [-0.2, -0.15) is 0 Å². The van der Waals surface area contributed by atoms with Crippen molar-refractivity contribution >= 4 is 0 Å². The van der Waals surface area contributed by atoms with E-state index in [9.17, 15) is 0 Å². The number of hydrogen-bond donors (Lipinski definition) is 2. The summed E-state index contributed by atoms with van der Waals surface area (Å²) in [5, 5.41) is 18.2. The predicted molar refractivity (Wildman–Crippen MR) is 40.8 cm³/mol. The number of aromatic hydroxyl groups is 2. The molecule has 0 bridgehead atoms. The van der Waals surface area contributed by atoms with Crippen LogP contribution in [0.15, 0.2) is 12.1 Å². The molecule has 1 aliphatic rings. The minimum Gasteiger partial charge on any atom is -0.504 e. The van der Waals surface area contributed by atoms with Gasteiger partial charge in [0.05, 0.1) is 0 Å². The fourth-order valence-corrected chi connectivity index (χ4v) is 1.07. The van der Waals surface area contributed by atoms with Gasteiger partial charge in [0.15, 0.2) is 23.0 Å². The zero-order chi connectivity index (χ0) is 8.55. The lowest BCUT2D eigenvalue weighted by Gasteiger charge is -2.18. The molecule has 0 saturated carbocycles. The number of rotatable bonds is 0. The minimum absolute atomic E-state index is 0.195. The molecule has 0 spiro atoms. The fraction of sp³-hybridized carbons (Fsp3) is 0.250. The van der Waals surface area contributed by atoms with Crippen molar-refractivity contribution in [1.82, 2.24) is 0 Å². The van der Waals surface area contributed by atoms with Crippen LogP contribution in [0.5, 0.6) is 23.0 Å². The van der Waals surface area contributed by atoms with Crippen molar-refractivity contribution < 1.29 is 19.7 Å². The standard InChI is InChI=1S/C8H8O4/c9-5-3-7-8(4-6(5)10)12-2-1-11-7/h3-4,9-10H,1-2H2. The number of benzene rings is 1. The second-order valence-corrected chi connectivity index (χ2v) is 2.48. The molecule has 64 valence electrons. The molecule has 0 aromatic heterocycles. The normalized spacial score (nSPS) is 14.3. The number of fused-ring (bicyclic) bond motifs is 1. The molecule has 12 heavy (non-hydrogen) atoms. The second kappa shape index (κ2) is 2.48. The van der Waals surface area contributed by atoms with Gasteiger partial charge in [0.2, 0.25) is 0 Å². The Bertz CT molecular complexity index is 277. The molecule has 1 aromatic rings. The lowest BCUT2D eigenvalue weighted by molar-refractivity contribution is 0.170. The van der Waals surface area contributed by atoms with Crippen LogP contribution in [0.3, 0.4) is 0 Å². The average Bonchev–Trinajstić information content (AvgIpc) is 2.07. The third kappa shape index (κ3) is 1.01. The van der Waals surface area contributed by atoms with Gasteiger partial charge in [-0.15, -0.1) is 0 Å². The Morgan fingerprint density at radius 1 is 0.917 bits per heavy atom. The van der Waals surface area contributed by atoms with Crippen LogP contribution in [0, 0.1) is 0 Å². The molecule has 0 unspecified atom stereocenters. The van der Waals surface area contributed by atoms with Crippen LogP contribution in [0.25, 0.3) is 0 Å². The molecule has 4 heteroatoms. The molecule has 2 rings (SSSR count). The van der Waals surface area contributed by atoms with Crippen molar-refractivity contribution in [3.05, 3.63) is 12.1 Å². The van der Waals surface area contributed by atoms with E-state index in [1.807, 2.05) is 0 Å². The number of ether oxygens (including phenoxy) is 2. The van der Waals surface area contributed by atoms with Gasteiger partial charge in [-0.1, -0.05) is 0 Å². The van der Waals surface area contributed by atoms with Crippen LogP contribution in [0.4, 0.5) is 0 Å². The van der Waals surface area contributed by atoms with Crippen LogP contribution in [-0.2, 0) is 0 Å². The van der Waals surface area contributed by atoms with E-state index in [0.29, 0.717) is 24.7 Å². The summed E-state index contributed by atoms with van der Waals surface area (Å²) in [6.07, 6.45) is 0. The van der Waals surface area contributed by atoms with Crippen LogP contribution in [0.2, 0.25) is 0 Å². The monoisotopic (exact) mass is 168 g/mol. The van der Waals surface area contributed by atoms with E-state index in [0.717, 1.165) is 0 Å². The van der Waals surface area contributed by atoms with E-state index in [1.165, 1.54) is 12.1 Å². The van der Waals surface area contributed by atoms with Gasteiger partial charge < -0.3 is 19.7 Å². The lowest BCUT2D eigenvalue weighted by Crippen LogP contribution is -2.14. The molecular formula is C8H8O4. The first-order valence-corrected chi connectivity index (χ1v) is 3.59. The summed E-state index contributed by atoms with van der Waals surface area (Å²) in [7, 11) is 0. The fourth-order valence-electron chi connectivity index (χ4n) is 1.07. The lowest BCUT2D eigenvalue weighted by atomic mass is 10.2. The Morgan fingerprint density at radius 3 is 1.75 bits per heavy atom. The van der Waals surface area contributed by atoms with Crippen molar-refractivity contribution in [2.24, 2.45) is 0 Å². The summed E-state index contributed by atoms with van der Waals surface area (Å²) in [4.78, 5) is 0. The molecule has 0 fully saturated rings. The first-order chi connectivity index (χ1) is 5.77. The highest BCUT2D eigenvalue weighted by atomic mass is 16.6. The molecule has 0 amide bonds. The van der Waals surface area contributed by atoms with Gasteiger partial charge in [-0.3, -0.25) is 0 Å². The first kappa shape index (κ1) is 7.09. The van der Waals surface area contributed by atoms with E-state index in [-0.39, 0.29) is 11.5 Å². The van der Waals surface area contributed by atoms with Gasteiger partial charge in [0.25, 0.3) is 0 Å². The Kier molecular flexibility index (Phi) is 1.46. The Morgan fingerprint density at radius 2 is 1.33 bits per heavy atom. The second-order valence-electron chi connectivity index (χ2n) is 2.48. The molecule has 2 N–H and O–H groups in total. The summed E-state index contributed by atoms with van der Waals surface area (Å²) < 4.78 is 10.3. The SMILES string of the molecule is Oc1cc2c(cc1O)OCCO2. The Labute approximate surface area is 69.0 Å². The van der Waals surface area contributed by atoms with E-state index in [4.69, 9.17) is 19.7 Å². The van der Waals surface area contributed by atoms with Crippen molar-refractivity contribution in [2.45, 2.75) is 0 Å². The maximum absolute atomic E-state index is 9.09. The maximum atomic E-state index is 9.09. The molecule has 1 heterocycles. The van der Waals surface area contributed by atoms with E-state index in [2.05, 4.69) is 0 Å².